The van der Waals surface area contributed by atoms with Crippen LogP contribution in [0.5, 0.6) is 0 Å². The molecule has 0 bridgehead atoms. The summed E-state index contributed by atoms with van der Waals surface area (Å²) >= 11 is 0. The van der Waals surface area contributed by atoms with E-state index < -0.39 is 0 Å². The van der Waals surface area contributed by atoms with Gasteiger partial charge in [-0.05, 0) is 31.7 Å². The Morgan fingerprint density at radius 1 is 1.15 bits per heavy atom. The van der Waals surface area contributed by atoms with Crippen LogP contribution in [0.4, 0.5) is 4.79 Å². The molecule has 2 amide bonds. The minimum Gasteiger partial charge on any atom is -0.396 e. The fourth-order valence-corrected chi connectivity index (χ4v) is 2.14. The van der Waals surface area contributed by atoms with Crippen molar-refractivity contribution >= 4 is 6.03 Å². The molecule has 0 spiro atoms. The maximum absolute atomic E-state index is 12.0. The number of amides is 2. The number of hydrogen-bond donors (Lipinski definition) is 3. The first-order chi connectivity index (χ1) is 9.60. The molecule has 4 nitrogen and oxygen atoms in total. The Morgan fingerprint density at radius 2 is 1.80 bits per heavy atom. The molecule has 0 saturated carbocycles. The van der Waals surface area contributed by atoms with Crippen LogP contribution in [0.25, 0.3) is 0 Å². The maximum Gasteiger partial charge on any atom is 0.315 e. The number of carbonyl (C=O) groups excluding carboxylic acids is 1. The molecule has 3 N–H and O–H groups in total. The molecular weight excluding hydrogens is 252 g/mol. The Kier molecular flexibility index (Phi) is 7.09. The molecule has 1 aromatic carbocycles. The number of urea groups is 1. The van der Waals surface area contributed by atoms with Crippen LogP contribution in [-0.2, 0) is 0 Å². The second-order valence-corrected chi connectivity index (χ2v) is 5.11. The molecule has 2 unspecified atom stereocenters. The van der Waals surface area contributed by atoms with Crippen LogP contribution in [0.15, 0.2) is 24.3 Å². The first-order valence-corrected chi connectivity index (χ1v) is 7.35. The van der Waals surface area contributed by atoms with Crippen molar-refractivity contribution < 1.29 is 9.90 Å². The molecule has 0 aliphatic heterocycles. The normalized spacial score (nSPS) is 13.6. The molecule has 0 aliphatic carbocycles. The summed E-state index contributed by atoms with van der Waals surface area (Å²) in [6.07, 6.45) is 2.24. The number of hydrogen-bond acceptors (Lipinski definition) is 2. The van der Waals surface area contributed by atoms with Crippen LogP contribution in [0, 0.1) is 6.92 Å². The number of aliphatic hydroxyl groups is 1. The Hall–Kier alpha value is -1.55. The van der Waals surface area contributed by atoms with Gasteiger partial charge in [0, 0.05) is 12.6 Å². The van der Waals surface area contributed by atoms with Gasteiger partial charge in [-0.15, -0.1) is 0 Å². The predicted molar refractivity (Wildman–Crippen MR) is 81.7 cm³/mol. The van der Waals surface area contributed by atoms with Crippen molar-refractivity contribution in [3.8, 4) is 0 Å². The van der Waals surface area contributed by atoms with Crippen LogP contribution in [0.3, 0.4) is 0 Å². The summed E-state index contributed by atoms with van der Waals surface area (Å²) in [6, 6.07) is 8.08. The molecule has 1 aromatic rings. The average molecular weight is 278 g/mol. The quantitative estimate of drug-likeness (QED) is 0.718. The largest absolute Gasteiger partial charge is 0.396 e. The van der Waals surface area contributed by atoms with E-state index in [1.807, 2.05) is 13.8 Å². The minimum atomic E-state index is -0.169. The zero-order valence-electron chi connectivity index (χ0n) is 12.6. The Labute approximate surface area is 121 Å². The van der Waals surface area contributed by atoms with Gasteiger partial charge in [-0.3, -0.25) is 0 Å². The fraction of sp³-hybridized carbons (Fsp3) is 0.562. The van der Waals surface area contributed by atoms with Crippen molar-refractivity contribution in [1.82, 2.24) is 10.6 Å². The Bertz CT molecular complexity index is 403. The van der Waals surface area contributed by atoms with Gasteiger partial charge in [-0.2, -0.15) is 0 Å². The smallest absolute Gasteiger partial charge is 0.315 e. The summed E-state index contributed by atoms with van der Waals surface area (Å²) in [4.78, 5) is 12.0. The third kappa shape index (κ3) is 5.21. The van der Waals surface area contributed by atoms with E-state index in [-0.39, 0.29) is 24.7 Å². The molecule has 0 heterocycles. The first kappa shape index (κ1) is 16.5. The van der Waals surface area contributed by atoms with E-state index in [2.05, 4.69) is 41.8 Å². The highest BCUT2D eigenvalue weighted by molar-refractivity contribution is 5.74. The predicted octanol–water partition coefficient (Wildman–Crippen LogP) is 2.91. The highest BCUT2D eigenvalue weighted by Crippen LogP contribution is 2.17. The molecule has 2 atom stereocenters. The molecule has 112 valence electrons. The average Bonchev–Trinajstić information content (AvgIpc) is 2.45. The Balaban J connectivity index is 2.59. The molecule has 0 aromatic heterocycles. The standard InChI is InChI=1S/C16H26N2O2/c1-4-14(10-11-19)17-16(20)18-15(5-2)13-8-6-12(3)7-9-13/h6-9,14-15,19H,4-5,10-11H2,1-3H3,(H2,17,18,20). The van der Waals surface area contributed by atoms with E-state index in [1.165, 1.54) is 5.56 Å². The number of nitrogens with one attached hydrogen (secondary N) is 2. The highest BCUT2D eigenvalue weighted by atomic mass is 16.3. The third-order valence-corrected chi connectivity index (χ3v) is 3.50. The van der Waals surface area contributed by atoms with E-state index in [4.69, 9.17) is 5.11 Å². The van der Waals surface area contributed by atoms with Crippen molar-refractivity contribution in [2.24, 2.45) is 0 Å². The molecular formula is C16H26N2O2. The van der Waals surface area contributed by atoms with Crippen molar-refractivity contribution in [3.63, 3.8) is 0 Å². The lowest BCUT2D eigenvalue weighted by Crippen LogP contribution is -2.43. The summed E-state index contributed by atoms with van der Waals surface area (Å²) in [5.41, 5.74) is 2.32. The van der Waals surface area contributed by atoms with Gasteiger partial charge >= 0.3 is 6.03 Å². The second-order valence-electron chi connectivity index (χ2n) is 5.11. The van der Waals surface area contributed by atoms with Crippen LogP contribution >= 0.6 is 0 Å². The van der Waals surface area contributed by atoms with Gasteiger partial charge in [0.2, 0.25) is 0 Å². The molecule has 20 heavy (non-hydrogen) atoms. The SMILES string of the molecule is CCC(CCO)NC(=O)NC(CC)c1ccc(C)cc1. The van der Waals surface area contributed by atoms with Crippen molar-refractivity contribution in [1.29, 1.82) is 0 Å². The van der Waals surface area contributed by atoms with Gasteiger partial charge in [0.1, 0.15) is 0 Å². The van der Waals surface area contributed by atoms with E-state index in [9.17, 15) is 4.79 Å². The third-order valence-electron chi connectivity index (χ3n) is 3.50. The minimum absolute atomic E-state index is 0.0160. The van der Waals surface area contributed by atoms with Crippen molar-refractivity contribution in [2.45, 2.75) is 52.1 Å². The first-order valence-electron chi connectivity index (χ1n) is 7.35. The topological polar surface area (TPSA) is 61.4 Å². The summed E-state index contributed by atoms with van der Waals surface area (Å²) in [6.45, 7) is 6.19. The van der Waals surface area contributed by atoms with Crippen LogP contribution in [-0.4, -0.2) is 23.8 Å². The maximum atomic E-state index is 12.0. The second kappa shape index (κ2) is 8.59. The van der Waals surface area contributed by atoms with Gasteiger partial charge in [0.15, 0.2) is 0 Å². The number of aryl methyl sites for hydroxylation is 1. The van der Waals surface area contributed by atoms with Gasteiger partial charge in [-0.1, -0.05) is 43.7 Å². The van der Waals surface area contributed by atoms with E-state index in [0.29, 0.717) is 6.42 Å². The number of benzene rings is 1. The molecule has 0 saturated heterocycles. The zero-order chi connectivity index (χ0) is 15.0. The van der Waals surface area contributed by atoms with Crippen LogP contribution < -0.4 is 10.6 Å². The lowest BCUT2D eigenvalue weighted by atomic mass is 10.0. The zero-order valence-corrected chi connectivity index (χ0v) is 12.6. The molecule has 0 fully saturated rings. The molecule has 1 rings (SSSR count). The van der Waals surface area contributed by atoms with E-state index in [0.717, 1.165) is 18.4 Å². The van der Waals surface area contributed by atoms with Gasteiger partial charge in [-0.25, -0.2) is 4.79 Å². The Morgan fingerprint density at radius 3 is 2.30 bits per heavy atom. The van der Waals surface area contributed by atoms with Gasteiger partial charge in [0.25, 0.3) is 0 Å². The number of rotatable bonds is 7. The van der Waals surface area contributed by atoms with Crippen molar-refractivity contribution in [2.75, 3.05) is 6.61 Å². The fourth-order valence-electron chi connectivity index (χ4n) is 2.14. The summed E-state index contributed by atoms with van der Waals surface area (Å²) < 4.78 is 0. The van der Waals surface area contributed by atoms with E-state index >= 15 is 0 Å². The molecule has 4 heteroatoms. The van der Waals surface area contributed by atoms with Crippen molar-refractivity contribution in [3.05, 3.63) is 35.4 Å². The van der Waals surface area contributed by atoms with Gasteiger partial charge < -0.3 is 15.7 Å². The van der Waals surface area contributed by atoms with E-state index in [1.54, 1.807) is 0 Å². The van der Waals surface area contributed by atoms with Crippen LogP contribution in [0.1, 0.15) is 50.3 Å². The lowest BCUT2D eigenvalue weighted by Gasteiger charge is -2.21. The lowest BCUT2D eigenvalue weighted by molar-refractivity contribution is 0.224. The highest BCUT2D eigenvalue weighted by Gasteiger charge is 2.15. The molecule has 0 aliphatic rings. The van der Waals surface area contributed by atoms with Gasteiger partial charge in [0.05, 0.1) is 6.04 Å². The summed E-state index contributed by atoms with van der Waals surface area (Å²) in [5.74, 6) is 0. The monoisotopic (exact) mass is 278 g/mol. The number of aliphatic hydroxyl groups excluding tert-OH is 1. The number of carbonyl (C=O) groups is 1. The summed E-state index contributed by atoms with van der Waals surface area (Å²) in [5, 5.41) is 14.8. The van der Waals surface area contributed by atoms with Crippen LogP contribution in [0.2, 0.25) is 0 Å². The molecule has 0 radical (unpaired) electrons. The summed E-state index contributed by atoms with van der Waals surface area (Å²) in [7, 11) is 0.